The van der Waals surface area contributed by atoms with Crippen molar-refractivity contribution in [2.24, 2.45) is 0 Å². The molecular weight excluding hydrogens is 423 g/mol. The SMILES string of the molecule is O=C(c1cccs1)N(Cc1csc(COc2cc(Cl)ccc2Cl)n1)C1CC1. The van der Waals surface area contributed by atoms with Gasteiger partial charge in [-0.05, 0) is 36.4 Å². The maximum atomic E-state index is 12.7. The molecule has 140 valence electrons. The first kappa shape index (κ1) is 18.7. The molecule has 8 heteroatoms. The van der Waals surface area contributed by atoms with Crippen molar-refractivity contribution in [3.63, 3.8) is 0 Å². The molecule has 4 rings (SSSR count). The average molecular weight is 439 g/mol. The Bertz CT molecular complexity index is 939. The number of hydrogen-bond acceptors (Lipinski definition) is 5. The van der Waals surface area contributed by atoms with Crippen LogP contribution in [0.5, 0.6) is 5.75 Å². The van der Waals surface area contributed by atoms with E-state index in [9.17, 15) is 4.79 Å². The molecule has 27 heavy (non-hydrogen) atoms. The molecule has 0 N–H and O–H groups in total. The van der Waals surface area contributed by atoms with E-state index >= 15 is 0 Å². The van der Waals surface area contributed by atoms with Gasteiger partial charge in [0.2, 0.25) is 0 Å². The van der Waals surface area contributed by atoms with Gasteiger partial charge in [-0.1, -0.05) is 29.3 Å². The van der Waals surface area contributed by atoms with Crippen LogP contribution < -0.4 is 4.74 Å². The van der Waals surface area contributed by atoms with Gasteiger partial charge in [0.1, 0.15) is 17.4 Å². The minimum absolute atomic E-state index is 0.0870. The van der Waals surface area contributed by atoms with Gasteiger partial charge in [0.15, 0.2) is 0 Å². The largest absolute Gasteiger partial charge is 0.485 e. The molecule has 0 bridgehead atoms. The summed E-state index contributed by atoms with van der Waals surface area (Å²) in [5.74, 6) is 0.623. The van der Waals surface area contributed by atoms with Crippen molar-refractivity contribution in [2.45, 2.75) is 32.0 Å². The lowest BCUT2D eigenvalue weighted by Crippen LogP contribution is -2.32. The second kappa shape index (κ2) is 8.19. The topological polar surface area (TPSA) is 42.4 Å². The molecule has 0 aliphatic heterocycles. The Morgan fingerprint density at radius 3 is 2.85 bits per heavy atom. The van der Waals surface area contributed by atoms with Crippen LogP contribution in [0.25, 0.3) is 0 Å². The van der Waals surface area contributed by atoms with E-state index < -0.39 is 0 Å². The first-order valence-corrected chi connectivity index (χ1v) is 11.0. The molecule has 1 aromatic carbocycles. The molecule has 1 fully saturated rings. The fourth-order valence-corrected chi connectivity index (χ4v) is 4.39. The van der Waals surface area contributed by atoms with E-state index in [0.29, 0.717) is 35.0 Å². The van der Waals surface area contributed by atoms with Crippen molar-refractivity contribution < 1.29 is 9.53 Å². The highest BCUT2D eigenvalue weighted by Gasteiger charge is 2.33. The molecule has 0 spiro atoms. The molecule has 4 nitrogen and oxygen atoms in total. The van der Waals surface area contributed by atoms with Crippen LogP contribution in [0, 0.1) is 0 Å². The smallest absolute Gasteiger partial charge is 0.264 e. The number of aromatic nitrogens is 1. The summed E-state index contributed by atoms with van der Waals surface area (Å²) in [6, 6.07) is 9.21. The summed E-state index contributed by atoms with van der Waals surface area (Å²) in [7, 11) is 0. The number of hydrogen-bond donors (Lipinski definition) is 0. The van der Waals surface area contributed by atoms with Crippen molar-refractivity contribution >= 4 is 51.8 Å². The van der Waals surface area contributed by atoms with Gasteiger partial charge in [-0.15, -0.1) is 22.7 Å². The average Bonchev–Trinajstić information content (AvgIpc) is 3.17. The van der Waals surface area contributed by atoms with E-state index in [1.165, 1.54) is 22.7 Å². The van der Waals surface area contributed by atoms with E-state index in [0.717, 1.165) is 28.4 Å². The zero-order valence-electron chi connectivity index (χ0n) is 14.2. The van der Waals surface area contributed by atoms with Gasteiger partial charge in [-0.2, -0.15) is 0 Å². The van der Waals surface area contributed by atoms with Crippen LogP contribution in [0.4, 0.5) is 0 Å². The standard InChI is InChI=1S/C19H16Cl2N2O2S2/c20-12-3-6-15(21)16(8-12)25-10-18-22-13(11-27-18)9-23(14-4-5-14)19(24)17-2-1-7-26-17/h1-3,6-8,11,14H,4-5,9-10H2. The summed E-state index contributed by atoms with van der Waals surface area (Å²) in [6.45, 7) is 0.836. The Hall–Kier alpha value is -1.60. The number of carbonyl (C=O) groups is 1. The minimum atomic E-state index is 0.0870. The maximum absolute atomic E-state index is 12.7. The summed E-state index contributed by atoms with van der Waals surface area (Å²) < 4.78 is 5.74. The number of rotatable bonds is 7. The maximum Gasteiger partial charge on any atom is 0.264 e. The number of thiophene rings is 1. The van der Waals surface area contributed by atoms with Crippen LogP contribution in [-0.4, -0.2) is 21.8 Å². The highest BCUT2D eigenvalue weighted by Crippen LogP contribution is 2.31. The molecule has 0 saturated heterocycles. The van der Waals surface area contributed by atoms with Gasteiger partial charge in [0.05, 0.1) is 22.1 Å². The van der Waals surface area contributed by atoms with Gasteiger partial charge in [-0.3, -0.25) is 4.79 Å². The third kappa shape index (κ3) is 4.63. The van der Waals surface area contributed by atoms with Gasteiger partial charge >= 0.3 is 0 Å². The van der Waals surface area contributed by atoms with E-state index in [1.54, 1.807) is 18.2 Å². The fraction of sp³-hybridized carbons (Fsp3) is 0.263. The zero-order chi connectivity index (χ0) is 18.8. The number of amides is 1. The van der Waals surface area contributed by atoms with Crippen LogP contribution in [0.15, 0.2) is 41.1 Å². The molecule has 0 unspecified atom stereocenters. The van der Waals surface area contributed by atoms with E-state index in [2.05, 4.69) is 4.98 Å². The zero-order valence-corrected chi connectivity index (χ0v) is 17.4. The minimum Gasteiger partial charge on any atom is -0.485 e. The predicted octanol–water partition coefficient (Wildman–Crippen LogP) is 5.90. The lowest BCUT2D eigenvalue weighted by atomic mass is 10.3. The predicted molar refractivity (Wildman–Crippen MR) is 110 cm³/mol. The number of nitrogens with zero attached hydrogens (tertiary/aromatic N) is 2. The fourth-order valence-electron chi connectivity index (χ4n) is 2.68. The Balaban J connectivity index is 1.41. The van der Waals surface area contributed by atoms with Crippen LogP contribution in [0.3, 0.4) is 0 Å². The van der Waals surface area contributed by atoms with E-state index in [4.69, 9.17) is 27.9 Å². The summed E-state index contributed by atoms with van der Waals surface area (Å²) in [5.41, 5.74) is 0.882. The highest BCUT2D eigenvalue weighted by atomic mass is 35.5. The number of carbonyl (C=O) groups excluding carboxylic acids is 1. The second-order valence-corrected chi connectivity index (χ2v) is 8.97. The number of benzene rings is 1. The second-order valence-electron chi connectivity index (χ2n) is 6.24. The molecular formula is C19H16Cl2N2O2S2. The summed E-state index contributed by atoms with van der Waals surface area (Å²) >= 11 is 15.1. The van der Waals surface area contributed by atoms with Gasteiger partial charge in [-0.25, -0.2) is 4.98 Å². The lowest BCUT2D eigenvalue weighted by molar-refractivity contribution is 0.0733. The summed E-state index contributed by atoms with van der Waals surface area (Å²) in [5, 5.41) is 5.83. The molecule has 2 aromatic heterocycles. The molecule has 1 amide bonds. The Morgan fingerprint density at radius 2 is 2.11 bits per heavy atom. The van der Waals surface area contributed by atoms with Gasteiger partial charge in [0, 0.05) is 22.5 Å². The van der Waals surface area contributed by atoms with Crippen LogP contribution in [0.1, 0.15) is 33.2 Å². The van der Waals surface area contributed by atoms with Crippen molar-refractivity contribution in [2.75, 3.05) is 0 Å². The third-order valence-corrected chi connectivity index (χ3v) is 6.43. The van der Waals surface area contributed by atoms with E-state index in [-0.39, 0.29) is 5.91 Å². The Labute approximate surface area is 175 Å². The summed E-state index contributed by atoms with van der Waals surface area (Å²) in [6.07, 6.45) is 2.12. The molecule has 0 atom stereocenters. The van der Waals surface area contributed by atoms with Crippen LogP contribution in [0.2, 0.25) is 10.0 Å². The highest BCUT2D eigenvalue weighted by molar-refractivity contribution is 7.12. The van der Waals surface area contributed by atoms with Crippen molar-refractivity contribution in [1.82, 2.24) is 9.88 Å². The Kier molecular flexibility index (Phi) is 5.68. The summed E-state index contributed by atoms with van der Waals surface area (Å²) in [4.78, 5) is 20.1. The lowest BCUT2D eigenvalue weighted by Gasteiger charge is -2.20. The monoisotopic (exact) mass is 438 g/mol. The van der Waals surface area contributed by atoms with E-state index in [1.807, 2.05) is 27.8 Å². The van der Waals surface area contributed by atoms with Crippen LogP contribution in [-0.2, 0) is 13.2 Å². The van der Waals surface area contributed by atoms with Crippen LogP contribution >= 0.6 is 45.9 Å². The number of thiazole rings is 1. The first-order valence-electron chi connectivity index (χ1n) is 8.46. The van der Waals surface area contributed by atoms with Crippen molar-refractivity contribution in [3.8, 4) is 5.75 Å². The number of halogens is 2. The molecule has 1 saturated carbocycles. The number of ether oxygens (including phenoxy) is 1. The quantitative estimate of drug-likeness (QED) is 0.461. The molecule has 1 aliphatic rings. The molecule has 2 heterocycles. The van der Waals surface area contributed by atoms with Gasteiger partial charge < -0.3 is 9.64 Å². The molecule has 0 radical (unpaired) electrons. The molecule has 1 aliphatic carbocycles. The molecule has 3 aromatic rings. The third-order valence-electron chi connectivity index (χ3n) is 4.16. The Morgan fingerprint density at radius 1 is 1.26 bits per heavy atom. The normalized spacial score (nSPS) is 13.6. The van der Waals surface area contributed by atoms with Crippen molar-refractivity contribution in [3.05, 3.63) is 66.7 Å². The van der Waals surface area contributed by atoms with Gasteiger partial charge in [0.25, 0.3) is 5.91 Å². The first-order chi connectivity index (χ1) is 13.1. The van der Waals surface area contributed by atoms with Crippen molar-refractivity contribution in [1.29, 1.82) is 0 Å².